The fourth-order valence-electron chi connectivity index (χ4n) is 2.26. The van der Waals surface area contributed by atoms with Crippen LogP contribution in [0.2, 0.25) is 0 Å². The molecule has 1 aromatic rings. The van der Waals surface area contributed by atoms with E-state index in [0.717, 1.165) is 6.42 Å². The average molecular weight is 312 g/mol. The van der Waals surface area contributed by atoms with Gasteiger partial charge >= 0.3 is 0 Å². The first-order valence-electron chi connectivity index (χ1n) is 7.05. The Hall–Kier alpha value is -1.59. The summed E-state index contributed by atoms with van der Waals surface area (Å²) in [5.41, 5.74) is 2.43. The van der Waals surface area contributed by atoms with Gasteiger partial charge in [-0.2, -0.15) is 0 Å². The van der Waals surface area contributed by atoms with E-state index in [4.69, 9.17) is 0 Å². The Bertz CT molecular complexity index is 494. The van der Waals surface area contributed by atoms with Crippen molar-refractivity contribution in [1.29, 1.82) is 0 Å². The number of benzene rings is 1. The number of amides is 2. The Kier molecular flexibility index (Phi) is 7.19. The summed E-state index contributed by atoms with van der Waals surface area (Å²) < 4.78 is 0. The van der Waals surface area contributed by atoms with Crippen LogP contribution >= 0.6 is 12.4 Å². The lowest BCUT2D eigenvalue weighted by Crippen LogP contribution is -2.49. The van der Waals surface area contributed by atoms with Crippen molar-refractivity contribution in [2.45, 2.75) is 32.4 Å². The van der Waals surface area contributed by atoms with Crippen LogP contribution in [-0.2, 0) is 22.6 Å². The van der Waals surface area contributed by atoms with Crippen molar-refractivity contribution in [3.05, 3.63) is 35.4 Å². The molecule has 21 heavy (non-hydrogen) atoms. The number of hydrogen-bond acceptors (Lipinski definition) is 3. The molecule has 0 spiro atoms. The van der Waals surface area contributed by atoms with E-state index in [2.05, 4.69) is 22.0 Å². The smallest absolute Gasteiger partial charge is 0.239 e. The fourth-order valence-corrected chi connectivity index (χ4v) is 2.26. The van der Waals surface area contributed by atoms with Gasteiger partial charge in [-0.3, -0.25) is 9.59 Å². The number of hydrogen-bond donors (Lipinski definition) is 3. The van der Waals surface area contributed by atoms with Gasteiger partial charge in [0.1, 0.15) is 0 Å². The third-order valence-electron chi connectivity index (χ3n) is 3.39. The van der Waals surface area contributed by atoms with Crippen LogP contribution in [0.3, 0.4) is 0 Å². The summed E-state index contributed by atoms with van der Waals surface area (Å²) in [6.45, 7) is 3.36. The number of carbonyl (C=O) groups is 2. The molecule has 3 N–H and O–H groups in total. The zero-order valence-electron chi connectivity index (χ0n) is 12.1. The zero-order valence-corrected chi connectivity index (χ0v) is 13.0. The number of carbonyl (C=O) groups excluding carboxylic acids is 2. The summed E-state index contributed by atoms with van der Waals surface area (Å²) in [5.74, 6) is -0.262. The van der Waals surface area contributed by atoms with Crippen LogP contribution in [0.4, 0.5) is 0 Å². The summed E-state index contributed by atoms with van der Waals surface area (Å²) in [7, 11) is 0. The number of fused-ring (bicyclic) bond motifs is 1. The number of rotatable bonds is 5. The molecule has 1 aromatic carbocycles. The summed E-state index contributed by atoms with van der Waals surface area (Å²) in [6, 6.07) is 7.83. The van der Waals surface area contributed by atoms with Crippen LogP contribution < -0.4 is 16.0 Å². The summed E-state index contributed by atoms with van der Waals surface area (Å²) in [4.78, 5) is 23.5. The Morgan fingerprint density at radius 3 is 2.67 bits per heavy atom. The molecule has 116 valence electrons. The highest BCUT2D eigenvalue weighted by Gasteiger charge is 2.23. The van der Waals surface area contributed by atoms with Crippen LogP contribution in [0.15, 0.2) is 24.3 Å². The Morgan fingerprint density at radius 1 is 1.24 bits per heavy atom. The van der Waals surface area contributed by atoms with Gasteiger partial charge in [-0.1, -0.05) is 31.2 Å². The Morgan fingerprint density at radius 2 is 1.95 bits per heavy atom. The van der Waals surface area contributed by atoms with E-state index in [1.165, 1.54) is 11.1 Å². The van der Waals surface area contributed by atoms with Crippen molar-refractivity contribution in [2.75, 3.05) is 13.1 Å². The monoisotopic (exact) mass is 311 g/mol. The van der Waals surface area contributed by atoms with Gasteiger partial charge < -0.3 is 16.0 Å². The van der Waals surface area contributed by atoms with Crippen molar-refractivity contribution < 1.29 is 9.59 Å². The standard InChI is InChI=1S/C15H21N3O2.ClH/c1-2-7-16-14(19)10-18-15(20)13-8-11-5-3-4-6-12(11)9-17-13;/h3-6,13,17H,2,7-10H2,1H3,(H,16,19)(H,18,20);1H. The first kappa shape index (κ1) is 17.5. The minimum absolute atomic E-state index is 0. The Labute approximate surface area is 131 Å². The summed E-state index contributed by atoms with van der Waals surface area (Å²) in [6.07, 6.45) is 1.55. The van der Waals surface area contributed by atoms with E-state index < -0.39 is 0 Å². The van der Waals surface area contributed by atoms with Gasteiger partial charge in [0.05, 0.1) is 12.6 Å². The molecule has 0 fully saturated rings. The van der Waals surface area contributed by atoms with E-state index in [1.807, 2.05) is 25.1 Å². The molecule has 0 bridgehead atoms. The second kappa shape index (κ2) is 8.64. The van der Waals surface area contributed by atoms with Gasteiger partial charge in [-0.15, -0.1) is 12.4 Å². The molecule has 0 aromatic heterocycles. The number of halogens is 1. The SMILES string of the molecule is CCCNC(=O)CNC(=O)C1Cc2ccccc2CN1.Cl. The highest BCUT2D eigenvalue weighted by atomic mass is 35.5. The molecule has 2 rings (SSSR count). The minimum atomic E-state index is -0.260. The molecule has 0 saturated heterocycles. The highest BCUT2D eigenvalue weighted by Crippen LogP contribution is 2.16. The number of nitrogens with one attached hydrogen (secondary N) is 3. The Balaban J connectivity index is 0.00000220. The van der Waals surface area contributed by atoms with E-state index in [1.54, 1.807) is 0 Å². The molecule has 6 heteroatoms. The maximum atomic E-state index is 12.0. The van der Waals surface area contributed by atoms with Crippen LogP contribution in [0.25, 0.3) is 0 Å². The first-order chi connectivity index (χ1) is 9.70. The van der Waals surface area contributed by atoms with Crippen LogP contribution in [0, 0.1) is 0 Å². The molecule has 1 aliphatic heterocycles. The molecule has 0 aliphatic carbocycles. The maximum absolute atomic E-state index is 12.0. The van der Waals surface area contributed by atoms with Crippen molar-refractivity contribution in [3.63, 3.8) is 0 Å². The lowest BCUT2D eigenvalue weighted by Gasteiger charge is -2.25. The summed E-state index contributed by atoms with van der Waals surface area (Å²) >= 11 is 0. The van der Waals surface area contributed by atoms with E-state index in [-0.39, 0.29) is 36.8 Å². The van der Waals surface area contributed by atoms with Crippen LogP contribution in [-0.4, -0.2) is 30.9 Å². The molecule has 0 saturated carbocycles. The lowest BCUT2D eigenvalue weighted by molar-refractivity contribution is -0.127. The van der Waals surface area contributed by atoms with Crippen molar-refractivity contribution >= 4 is 24.2 Å². The van der Waals surface area contributed by atoms with Crippen LogP contribution in [0.5, 0.6) is 0 Å². The van der Waals surface area contributed by atoms with Gasteiger partial charge in [0.2, 0.25) is 11.8 Å². The molecule has 1 heterocycles. The lowest BCUT2D eigenvalue weighted by atomic mass is 9.95. The van der Waals surface area contributed by atoms with Crippen molar-refractivity contribution in [2.24, 2.45) is 0 Å². The predicted molar refractivity (Wildman–Crippen MR) is 84.3 cm³/mol. The molecular weight excluding hydrogens is 290 g/mol. The first-order valence-corrected chi connectivity index (χ1v) is 7.05. The normalized spacial score (nSPS) is 16.3. The van der Waals surface area contributed by atoms with Gasteiger partial charge in [0, 0.05) is 13.1 Å². The van der Waals surface area contributed by atoms with E-state index in [9.17, 15) is 9.59 Å². The topological polar surface area (TPSA) is 70.2 Å². The van der Waals surface area contributed by atoms with Gasteiger partial charge in [0.25, 0.3) is 0 Å². The summed E-state index contributed by atoms with van der Waals surface area (Å²) in [5, 5.41) is 8.61. The average Bonchev–Trinajstić information content (AvgIpc) is 2.50. The zero-order chi connectivity index (χ0) is 14.4. The molecule has 0 radical (unpaired) electrons. The third kappa shape index (κ3) is 5.02. The largest absolute Gasteiger partial charge is 0.355 e. The maximum Gasteiger partial charge on any atom is 0.239 e. The van der Waals surface area contributed by atoms with Gasteiger partial charge in [-0.05, 0) is 24.0 Å². The quantitative estimate of drug-likeness (QED) is 0.752. The molecule has 2 amide bonds. The van der Waals surface area contributed by atoms with Crippen LogP contribution in [0.1, 0.15) is 24.5 Å². The second-order valence-electron chi connectivity index (χ2n) is 4.97. The third-order valence-corrected chi connectivity index (χ3v) is 3.39. The highest BCUT2D eigenvalue weighted by molar-refractivity contribution is 5.87. The van der Waals surface area contributed by atoms with Crippen molar-refractivity contribution in [1.82, 2.24) is 16.0 Å². The van der Waals surface area contributed by atoms with Crippen molar-refractivity contribution in [3.8, 4) is 0 Å². The second-order valence-corrected chi connectivity index (χ2v) is 4.97. The minimum Gasteiger partial charge on any atom is -0.355 e. The van der Waals surface area contributed by atoms with Gasteiger partial charge in [0.15, 0.2) is 0 Å². The molecule has 1 atom stereocenters. The molecule has 1 aliphatic rings. The fraction of sp³-hybridized carbons (Fsp3) is 0.467. The van der Waals surface area contributed by atoms with E-state index >= 15 is 0 Å². The van der Waals surface area contributed by atoms with Gasteiger partial charge in [-0.25, -0.2) is 0 Å². The predicted octanol–water partition coefficient (Wildman–Crippen LogP) is 0.765. The molecule has 1 unspecified atom stereocenters. The molecule has 5 nitrogen and oxygen atoms in total. The molecular formula is C15H22ClN3O2. The van der Waals surface area contributed by atoms with E-state index in [0.29, 0.717) is 19.5 Å².